The number of rotatable bonds is 9. The first-order chi connectivity index (χ1) is 47.0. The standard InChI is InChI=1S/C23H25F4N3O2S.C20H21F6N3O3S2.C19H20F6N4O2S3/c1-33(32)11-7-16(8-12-33)22(31)30-10-9-29(15-20(30)17-3-2-4-19(24)13-17)21-6-5-18(14-28-21)23(25,26)27;1-34(31)8-4-12(5-9-34)17(30)29-7-6-28(18-27-15(11-32-18)19(21,22)23)10-13(29)14-2-3-16(33-14)20(24,25)26;1-34(31)8-4-11(5-9-34)15(30)29-7-6-28(17-27-26-16(33-17)19(23,24)25)10-12(29)13-2-3-14(32-13)18(20,21)22/h2-6,13-14,16,20H,1,7-12,15H2;2-3,11-13H,1,4-10H2;2-3,11-12H,1,4-10H2. The highest BCUT2D eigenvalue weighted by atomic mass is 32.2. The van der Waals surface area contributed by atoms with Crippen LogP contribution in [0.25, 0.3) is 0 Å². The van der Waals surface area contributed by atoms with Gasteiger partial charge in [0, 0.05) is 127 Å². The first-order valence-electron chi connectivity index (χ1n) is 31.2. The maximum atomic E-state index is 14.0. The Morgan fingerprint density at radius 1 is 0.495 bits per heavy atom. The van der Waals surface area contributed by atoms with Crippen molar-refractivity contribution in [1.29, 1.82) is 0 Å². The van der Waals surface area contributed by atoms with Gasteiger partial charge < -0.3 is 33.8 Å². The van der Waals surface area contributed by atoms with E-state index in [1.165, 1.54) is 49.9 Å². The van der Waals surface area contributed by atoms with Crippen LogP contribution < -0.4 is 14.7 Å². The fraction of sp³-hybridized carbons (Fsp3) is 0.516. The van der Waals surface area contributed by atoms with Gasteiger partial charge in [0.25, 0.3) is 6.01 Å². The summed E-state index contributed by atoms with van der Waals surface area (Å²) >= 11 is 1.34. The molecule has 1 aromatic carbocycles. The van der Waals surface area contributed by atoms with E-state index in [-0.39, 0.29) is 90.4 Å². The summed E-state index contributed by atoms with van der Waals surface area (Å²) in [6.07, 6.45) is -19.2. The van der Waals surface area contributed by atoms with E-state index in [1.54, 1.807) is 17.0 Å². The second-order valence-electron chi connectivity index (χ2n) is 25.2. The van der Waals surface area contributed by atoms with E-state index in [0.717, 1.165) is 24.4 Å². The minimum atomic E-state index is -4.71. The Labute approximate surface area is 581 Å². The van der Waals surface area contributed by atoms with Crippen molar-refractivity contribution in [3.05, 3.63) is 120 Å². The molecule has 0 bridgehead atoms. The summed E-state index contributed by atoms with van der Waals surface area (Å²) in [5.41, 5.74) is -1.44. The summed E-state index contributed by atoms with van der Waals surface area (Å²) in [6, 6.07) is 10.3. The molecular weight excluding hydrogens is 1490 g/mol. The van der Waals surface area contributed by atoms with E-state index >= 15 is 0 Å². The molecule has 3 amide bonds. The number of carbonyl (C=O) groups is 3. The number of halogens is 16. The number of benzene rings is 1. The number of hydrogen-bond acceptors (Lipinski definition) is 17. The Kier molecular flexibility index (Phi) is 22.7. The summed E-state index contributed by atoms with van der Waals surface area (Å²) in [5, 5.41) is 5.66. The predicted octanol–water partition coefficient (Wildman–Crippen LogP) is 12.2. The second kappa shape index (κ2) is 29.8. The molecule has 6 saturated heterocycles. The number of thiophene rings is 2. The van der Waals surface area contributed by atoms with Gasteiger partial charge in [-0.2, -0.15) is 70.8 Å². The van der Waals surface area contributed by atoms with Gasteiger partial charge in [-0.05, 0) is 139 Å². The van der Waals surface area contributed by atoms with Crippen LogP contribution in [0.3, 0.4) is 0 Å². The lowest BCUT2D eigenvalue weighted by molar-refractivity contribution is -0.141. The normalized spacial score (nSPS) is 26.5. The Bertz CT molecular complexity index is 4070. The molecule has 0 aliphatic carbocycles. The van der Waals surface area contributed by atoms with Crippen LogP contribution in [-0.4, -0.2) is 176 Å². The van der Waals surface area contributed by atoms with Crippen molar-refractivity contribution in [1.82, 2.24) is 34.9 Å². The lowest BCUT2D eigenvalue weighted by Crippen LogP contribution is -2.53. The first-order valence-corrected chi connectivity index (χ1v) is 39.9. The molecule has 12 rings (SSSR count). The van der Waals surface area contributed by atoms with Gasteiger partial charge >= 0.3 is 30.9 Å². The van der Waals surface area contributed by atoms with E-state index in [1.807, 2.05) is 4.90 Å². The molecule has 3 atom stereocenters. The summed E-state index contributed by atoms with van der Waals surface area (Å²) in [4.78, 5) is 55.8. The summed E-state index contributed by atoms with van der Waals surface area (Å²) in [5.74, 6) is 11.3. The van der Waals surface area contributed by atoms with Crippen LogP contribution in [0.5, 0.6) is 0 Å². The molecule has 11 heterocycles. The van der Waals surface area contributed by atoms with Crippen molar-refractivity contribution >= 4 is 115 Å². The third-order valence-corrected chi connectivity index (χ3v) is 27.5. The maximum Gasteiger partial charge on any atom is 0.445 e. The predicted molar refractivity (Wildman–Crippen MR) is 354 cm³/mol. The van der Waals surface area contributed by atoms with Crippen LogP contribution in [0.15, 0.2) is 77.5 Å². The van der Waals surface area contributed by atoms with Gasteiger partial charge in [0.05, 0.1) is 23.7 Å². The minimum absolute atomic E-state index is 0.00788. The molecule has 0 radical (unpaired) electrons. The van der Waals surface area contributed by atoms with Crippen LogP contribution in [0.2, 0.25) is 0 Å². The first kappa shape index (κ1) is 76.9. The van der Waals surface area contributed by atoms with Crippen LogP contribution >= 0.6 is 34.0 Å². The average Bonchev–Trinajstić information content (AvgIpc) is 1.77. The van der Waals surface area contributed by atoms with Crippen molar-refractivity contribution in [3.8, 4) is 0 Å². The van der Waals surface area contributed by atoms with Crippen LogP contribution in [0, 0.1) is 23.6 Å². The molecular formula is C62H66F16N10O7S6. The molecule has 39 heteroatoms. The van der Waals surface area contributed by atoms with Crippen molar-refractivity contribution in [2.24, 2.45) is 17.8 Å². The van der Waals surface area contributed by atoms with E-state index in [9.17, 15) is 97.3 Å². The molecule has 0 spiro atoms. The molecule has 6 aliphatic heterocycles. The molecule has 5 aromatic heterocycles. The Hall–Kier alpha value is -6.71. The van der Waals surface area contributed by atoms with E-state index in [0.29, 0.717) is 138 Å². The van der Waals surface area contributed by atoms with Crippen molar-refractivity contribution < 1.29 is 102 Å². The molecule has 101 heavy (non-hydrogen) atoms. The molecule has 6 aliphatic rings. The summed E-state index contributed by atoms with van der Waals surface area (Å²) < 4.78 is 251. The van der Waals surface area contributed by atoms with Crippen LogP contribution in [0.4, 0.5) is 87.2 Å². The van der Waals surface area contributed by atoms with Crippen molar-refractivity contribution in [2.75, 3.05) is 108 Å². The number of hydrogen-bond donors (Lipinski definition) is 0. The fourth-order valence-corrected chi connectivity index (χ4v) is 20.2. The van der Waals surface area contributed by atoms with Gasteiger partial charge in [-0.3, -0.25) is 27.0 Å². The van der Waals surface area contributed by atoms with Gasteiger partial charge in [0.2, 0.25) is 27.9 Å². The highest BCUT2D eigenvalue weighted by molar-refractivity contribution is 8.00. The number of amides is 3. The van der Waals surface area contributed by atoms with E-state index < -0.39 is 121 Å². The topological polar surface area (TPSA) is 187 Å². The lowest BCUT2D eigenvalue weighted by Gasteiger charge is -2.44. The quantitative estimate of drug-likeness (QED) is 0.0982. The molecule has 3 unspecified atom stereocenters. The maximum absolute atomic E-state index is 14.0. The zero-order valence-corrected chi connectivity index (χ0v) is 58.1. The van der Waals surface area contributed by atoms with Crippen molar-refractivity contribution in [2.45, 2.75) is 87.5 Å². The fourth-order valence-electron chi connectivity index (χ4n) is 12.6. The third-order valence-electron chi connectivity index (χ3n) is 18.2. The zero-order chi connectivity index (χ0) is 73.6. The number of carbonyl (C=O) groups excluding carboxylic acids is 3. The molecule has 6 fully saturated rings. The second-order valence-corrected chi connectivity index (χ2v) is 36.6. The summed E-state index contributed by atoms with van der Waals surface area (Å²) in [7, 11) is -6.58. The van der Waals surface area contributed by atoms with Gasteiger partial charge in [-0.15, -0.1) is 32.9 Å². The van der Waals surface area contributed by atoms with Gasteiger partial charge in [0.15, 0.2) is 5.69 Å². The molecule has 0 saturated carbocycles. The number of oxazole rings is 1. The number of pyridine rings is 1. The number of aromatic nitrogens is 4. The monoisotopic (exact) mass is 1560 g/mol. The number of nitrogens with zero attached hydrogens (tertiary/aromatic N) is 10. The largest absolute Gasteiger partial charge is 0.445 e. The summed E-state index contributed by atoms with van der Waals surface area (Å²) in [6.45, 7) is 1.28. The zero-order valence-electron chi connectivity index (χ0n) is 53.2. The average molecular weight is 1560 g/mol. The Morgan fingerprint density at radius 2 is 0.941 bits per heavy atom. The SMILES string of the molecule is C=S1(=O)CCC(C(=O)N2CCN(c3ccc(C(F)(F)F)cn3)CC2c2cccc(F)c2)CC1.C=S1(=O)CCC(C(=O)N2CCN(c3nc(C(F)(F)F)co3)CC2c2ccc(C(F)(F)F)s2)CC1.C=S1(=O)CCC(C(=O)N2CCN(c3nnc(C(F)(F)F)s3)CC2c2ccc(C(F)(F)F)s2)CC1. The van der Waals surface area contributed by atoms with Crippen LogP contribution in [-0.2, 0) is 73.8 Å². The van der Waals surface area contributed by atoms with Gasteiger partial charge in [-0.1, -0.05) is 23.5 Å². The smallest absolute Gasteiger partial charge is 0.431 e. The molecule has 554 valence electrons. The lowest BCUT2D eigenvalue weighted by atomic mass is 9.96. The van der Waals surface area contributed by atoms with Gasteiger partial charge in [0.1, 0.15) is 27.7 Å². The van der Waals surface area contributed by atoms with Gasteiger partial charge in [-0.25, -0.2) is 9.37 Å². The highest BCUT2D eigenvalue weighted by Crippen LogP contribution is 2.45. The Morgan fingerprint density at radius 3 is 1.34 bits per heavy atom. The van der Waals surface area contributed by atoms with Crippen LogP contribution in [0.1, 0.15) is 98.0 Å². The Balaban J connectivity index is 0.000000163. The van der Waals surface area contributed by atoms with E-state index in [2.05, 4.69) is 37.8 Å². The van der Waals surface area contributed by atoms with Crippen molar-refractivity contribution in [3.63, 3.8) is 0 Å². The molecule has 17 nitrogen and oxygen atoms in total. The number of anilines is 3. The third kappa shape index (κ3) is 19.0. The van der Waals surface area contributed by atoms with E-state index in [4.69, 9.17) is 4.42 Å². The number of alkyl halides is 15. The molecule has 0 N–H and O–H groups in total. The number of piperazine rings is 3. The highest BCUT2D eigenvalue weighted by Gasteiger charge is 2.45. The molecule has 6 aromatic rings. The minimum Gasteiger partial charge on any atom is -0.431 e.